The third-order valence-corrected chi connectivity index (χ3v) is 2.26. The van der Waals surface area contributed by atoms with E-state index in [4.69, 9.17) is 10.5 Å². The highest BCUT2D eigenvalue weighted by Crippen LogP contribution is 2.29. The molecule has 0 bridgehead atoms. The van der Waals surface area contributed by atoms with Crippen molar-refractivity contribution in [3.8, 4) is 10.8 Å². The second-order valence-corrected chi connectivity index (χ2v) is 3.75. The van der Waals surface area contributed by atoms with Gasteiger partial charge in [0, 0.05) is 18.2 Å². The number of rotatable bonds is 2. The average Bonchev–Trinajstić information content (AvgIpc) is 2.49. The number of ether oxygens (including phenoxy) is 1. The minimum absolute atomic E-state index is 0.0798. The van der Waals surface area contributed by atoms with Crippen molar-refractivity contribution in [2.75, 3.05) is 5.73 Å². The zero-order valence-electron chi connectivity index (χ0n) is 7.41. The number of hydrogen-bond donors (Lipinski definition) is 1. The zero-order chi connectivity index (χ0) is 10.8. The predicted molar refractivity (Wildman–Crippen MR) is 53.0 cm³/mol. The Hall–Kier alpha value is -1.69. The van der Waals surface area contributed by atoms with E-state index in [0.29, 0.717) is 10.2 Å². The van der Waals surface area contributed by atoms with Crippen LogP contribution in [0.2, 0.25) is 0 Å². The normalized spacial score (nSPS) is 10.3. The topological polar surface area (TPSA) is 48.1 Å². The molecule has 0 aliphatic rings. The summed E-state index contributed by atoms with van der Waals surface area (Å²) in [7, 11) is 0. The molecule has 0 unspecified atom stereocenters. The minimum atomic E-state index is -0.692. The van der Waals surface area contributed by atoms with Crippen LogP contribution in [0.4, 0.5) is 13.9 Å². The van der Waals surface area contributed by atoms with Gasteiger partial charge >= 0.3 is 0 Å². The molecule has 3 nitrogen and oxygen atoms in total. The molecule has 2 rings (SSSR count). The Kier molecular flexibility index (Phi) is 2.51. The number of anilines is 1. The first-order chi connectivity index (χ1) is 7.13. The Morgan fingerprint density at radius 1 is 1.20 bits per heavy atom. The van der Waals surface area contributed by atoms with E-state index in [0.717, 1.165) is 29.5 Å². The van der Waals surface area contributed by atoms with Crippen LogP contribution >= 0.6 is 11.3 Å². The Morgan fingerprint density at radius 3 is 2.40 bits per heavy atom. The van der Waals surface area contributed by atoms with Crippen LogP contribution in [0.25, 0.3) is 0 Å². The van der Waals surface area contributed by atoms with E-state index < -0.39 is 11.6 Å². The lowest BCUT2D eigenvalue weighted by atomic mass is 10.3. The maximum absolute atomic E-state index is 12.8. The Bertz CT molecular complexity index is 466. The molecule has 0 aliphatic carbocycles. The molecule has 1 aromatic heterocycles. The highest BCUT2D eigenvalue weighted by atomic mass is 32.1. The third-order valence-electron chi connectivity index (χ3n) is 1.56. The van der Waals surface area contributed by atoms with Crippen LogP contribution in [-0.2, 0) is 0 Å². The van der Waals surface area contributed by atoms with Crippen molar-refractivity contribution < 1.29 is 13.5 Å². The molecule has 0 spiro atoms. The van der Waals surface area contributed by atoms with Gasteiger partial charge in [0.1, 0.15) is 17.4 Å². The van der Waals surface area contributed by atoms with E-state index in [-0.39, 0.29) is 5.75 Å². The summed E-state index contributed by atoms with van der Waals surface area (Å²) in [5.41, 5.74) is 5.37. The molecule has 0 saturated carbocycles. The number of benzene rings is 1. The predicted octanol–water partition coefficient (Wildman–Crippen LogP) is 2.80. The second kappa shape index (κ2) is 3.82. The van der Waals surface area contributed by atoms with Gasteiger partial charge < -0.3 is 10.5 Å². The summed E-state index contributed by atoms with van der Waals surface area (Å²) in [6, 6.07) is 2.94. The molecule has 0 aliphatic heterocycles. The van der Waals surface area contributed by atoms with Gasteiger partial charge in [-0.2, -0.15) is 0 Å². The van der Waals surface area contributed by atoms with Gasteiger partial charge in [0.05, 0.1) is 6.20 Å². The van der Waals surface area contributed by atoms with E-state index in [1.165, 1.54) is 6.20 Å². The highest BCUT2D eigenvalue weighted by Gasteiger charge is 2.05. The van der Waals surface area contributed by atoms with Crippen molar-refractivity contribution in [1.29, 1.82) is 0 Å². The molecular weight excluding hydrogens is 222 g/mol. The third kappa shape index (κ3) is 2.41. The summed E-state index contributed by atoms with van der Waals surface area (Å²) in [5, 5.41) is 0.722. The molecule has 1 heterocycles. The molecule has 15 heavy (non-hydrogen) atoms. The minimum Gasteiger partial charge on any atom is -0.445 e. The quantitative estimate of drug-likeness (QED) is 0.859. The number of nitrogen functional groups attached to an aromatic ring is 1. The highest BCUT2D eigenvalue weighted by molar-refractivity contribution is 7.17. The number of nitrogens with two attached hydrogens (primary N) is 1. The number of hydrogen-bond acceptors (Lipinski definition) is 4. The molecule has 0 fully saturated rings. The molecule has 2 N–H and O–H groups in total. The smallest absolute Gasteiger partial charge is 0.202 e. The molecular formula is C9H6F2N2OS. The lowest BCUT2D eigenvalue weighted by Crippen LogP contribution is -1.85. The van der Waals surface area contributed by atoms with Gasteiger partial charge in [0.15, 0.2) is 5.13 Å². The number of thiazole rings is 1. The van der Waals surface area contributed by atoms with Crippen LogP contribution < -0.4 is 10.5 Å². The summed E-state index contributed by atoms with van der Waals surface area (Å²) in [6.07, 6.45) is 1.39. The van der Waals surface area contributed by atoms with Crippen LogP contribution in [0.1, 0.15) is 0 Å². The van der Waals surface area contributed by atoms with Gasteiger partial charge in [-0.25, -0.2) is 13.8 Å². The maximum Gasteiger partial charge on any atom is 0.202 e. The van der Waals surface area contributed by atoms with Crippen molar-refractivity contribution >= 4 is 16.5 Å². The van der Waals surface area contributed by atoms with Crippen molar-refractivity contribution in [1.82, 2.24) is 4.98 Å². The van der Waals surface area contributed by atoms with Crippen molar-refractivity contribution in [2.45, 2.75) is 0 Å². The van der Waals surface area contributed by atoms with E-state index in [2.05, 4.69) is 4.98 Å². The fourth-order valence-electron chi connectivity index (χ4n) is 1.02. The van der Waals surface area contributed by atoms with Crippen LogP contribution in [-0.4, -0.2) is 4.98 Å². The summed E-state index contributed by atoms with van der Waals surface area (Å²) < 4.78 is 30.7. The van der Waals surface area contributed by atoms with Crippen LogP contribution in [0.3, 0.4) is 0 Å². The first-order valence-corrected chi connectivity index (χ1v) is 4.80. The summed E-state index contributed by atoms with van der Waals surface area (Å²) in [6.45, 7) is 0. The van der Waals surface area contributed by atoms with Gasteiger partial charge in [-0.1, -0.05) is 11.3 Å². The summed E-state index contributed by atoms with van der Waals surface area (Å²) >= 11 is 1.09. The first-order valence-electron chi connectivity index (χ1n) is 3.99. The molecule has 0 radical (unpaired) electrons. The fraction of sp³-hybridized carbons (Fsp3) is 0. The zero-order valence-corrected chi connectivity index (χ0v) is 8.22. The lowest BCUT2D eigenvalue weighted by Gasteiger charge is -2.01. The number of aromatic nitrogens is 1. The summed E-state index contributed by atoms with van der Waals surface area (Å²) in [4.78, 5) is 3.74. The largest absolute Gasteiger partial charge is 0.445 e. The fourth-order valence-corrected chi connectivity index (χ4v) is 1.58. The van der Waals surface area contributed by atoms with Crippen LogP contribution in [0.15, 0.2) is 24.4 Å². The molecule has 0 saturated heterocycles. The van der Waals surface area contributed by atoms with Crippen molar-refractivity contribution in [3.05, 3.63) is 36.0 Å². The lowest BCUT2D eigenvalue weighted by molar-refractivity contribution is 0.479. The molecule has 0 amide bonds. The van der Waals surface area contributed by atoms with E-state index >= 15 is 0 Å². The molecule has 2 aromatic rings. The van der Waals surface area contributed by atoms with Crippen LogP contribution in [0.5, 0.6) is 10.8 Å². The van der Waals surface area contributed by atoms with Gasteiger partial charge in [-0.3, -0.25) is 0 Å². The SMILES string of the molecule is Nc1ncc(Oc2cc(F)cc(F)c2)s1. The Balaban J connectivity index is 2.24. The van der Waals surface area contributed by atoms with Gasteiger partial charge in [0.2, 0.25) is 5.06 Å². The monoisotopic (exact) mass is 228 g/mol. The van der Waals surface area contributed by atoms with Gasteiger partial charge in [-0.15, -0.1) is 0 Å². The summed E-state index contributed by atoms with van der Waals surface area (Å²) in [5.74, 6) is -1.30. The van der Waals surface area contributed by atoms with Crippen molar-refractivity contribution in [3.63, 3.8) is 0 Å². The van der Waals surface area contributed by atoms with E-state index in [1.807, 2.05) is 0 Å². The Morgan fingerprint density at radius 2 is 1.87 bits per heavy atom. The second-order valence-electron chi connectivity index (χ2n) is 2.72. The number of halogens is 2. The maximum atomic E-state index is 12.8. The Labute approximate surface area is 88.1 Å². The average molecular weight is 228 g/mol. The van der Waals surface area contributed by atoms with Crippen molar-refractivity contribution in [2.24, 2.45) is 0 Å². The standard InChI is InChI=1S/C9H6F2N2OS/c10-5-1-6(11)3-7(2-5)14-8-4-13-9(12)15-8/h1-4H,(H2,12,13). The van der Waals surface area contributed by atoms with Gasteiger partial charge in [-0.05, 0) is 0 Å². The van der Waals surface area contributed by atoms with E-state index in [1.54, 1.807) is 0 Å². The first kappa shape index (κ1) is 9.85. The molecule has 78 valence electrons. The van der Waals surface area contributed by atoms with Gasteiger partial charge in [0.25, 0.3) is 0 Å². The molecule has 6 heteroatoms. The molecule has 1 aromatic carbocycles. The number of nitrogens with zero attached hydrogens (tertiary/aromatic N) is 1. The van der Waals surface area contributed by atoms with Crippen LogP contribution in [0, 0.1) is 11.6 Å². The van der Waals surface area contributed by atoms with E-state index in [9.17, 15) is 8.78 Å². The molecule has 0 atom stereocenters.